The summed E-state index contributed by atoms with van der Waals surface area (Å²) in [5, 5.41) is 29.0. The highest BCUT2D eigenvalue weighted by molar-refractivity contribution is 5.03. The Bertz CT molecular complexity index is 332. The van der Waals surface area contributed by atoms with E-state index in [4.69, 9.17) is 11.5 Å². The van der Waals surface area contributed by atoms with Crippen LogP contribution in [-0.4, -0.2) is 39.8 Å². The summed E-state index contributed by atoms with van der Waals surface area (Å²) >= 11 is 0. The van der Waals surface area contributed by atoms with E-state index in [1.165, 1.54) is 13.3 Å². The van der Waals surface area contributed by atoms with Crippen LogP contribution in [-0.2, 0) is 0 Å². The van der Waals surface area contributed by atoms with Crippen LogP contribution in [0.5, 0.6) is 0 Å². The van der Waals surface area contributed by atoms with Crippen LogP contribution in [0.4, 0.5) is 0 Å². The van der Waals surface area contributed by atoms with Gasteiger partial charge < -0.3 is 26.8 Å². The minimum atomic E-state index is -1.59. The molecule has 0 heterocycles. The van der Waals surface area contributed by atoms with E-state index in [1.807, 2.05) is 0 Å². The van der Waals surface area contributed by atoms with Crippen LogP contribution in [0.1, 0.15) is 39.5 Å². The normalized spacial score (nSPS) is 40.0. The van der Waals surface area contributed by atoms with E-state index in [2.05, 4.69) is 6.92 Å². The van der Waals surface area contributed by atoms with Gasteiger partial charge in [-0.1, -0.05) is 6.92 Å². The van der Waals surface area contributed by atoms with Crippen LogP contribution < -0.4 is 11.5 Å². The molecule has 7 N–H and O–H groups in total. The predicted molar refractivity (Wildman–Crippen MR) is 77.5 cm³/mol. The number of hydrogen-bond acceptors (Lipinski definition) is 5. The zero-order valence-corrected chi connectivity index (χ0v) is 12.6. The van der Waals surface area contributed by atoms with Gasteiger partial charge in [-0.25, -0.2) is 0 Å². The van der Waals surface area contributed by atoms with Crippen molar-refractivity contribution >= 4 is 0 Å². The molecule has 2 fully saturated rings. The Morgan fingerprint density at radius 1 is 1.25 bits per heavy atom. The fraction of sp³-hybridized carbons (Fsp3) is 1.00. The Morgan fingerprint density at radius 3 is 2.45 bits per heavy atom. The molecule has 20 heavy (non-hydrogen) atoms. The second kappa shape index (κ2) is 5.89. The zero-order valence-electron chi connectivity index (χ0n) is 12.6. The summed E-state index contributed by atoms with van der Waals surface area (Å²) in [6, 6.07) is -0.0590. The third kappa shape index (κ3) is 3.71. The molecule has 7 atom stereocenters. The van der Waals surface area contributed by atoms with Gasteiger partial charge in [0.15, 0.2) is 5.79 Å². The second-order valence-corrected chi connectivity index (χ2v) is 7.29. The van der Waals surface area contributed by atoms with Crippen LogP contribution in [0.15, 0.2) is 0 Å². The first-order chi connectivity index (χ1) is 9.23. The molecule has 2 saturated carbocycles. The van der Waals surface area contributed by atoms with Crippen molar-refractivity contribution in [3.05, 3.63) is 0 Å². The van der Waals surface area contributed by atoms with Gasteiger partial charge in [0.25, 0.3) is 0 Å². The van der Waals surface area contributed by atoms with Gasteiger partial charge in [0.2, 0.25) is 0 Å². The lowest BCUT2D eigenvalue weighted by Gasteiger charge is -2.39. The number of fused-ring (bicyclic) bond motifs is 1. The van der Waals surface area contributed by atoms with Crippen molar-refractivity contribution in [1.29, 1.82) is 0 Å². The largest absolute Gasteiger partial charge is 0.392 e. The molecular formula is C15H30N2O3. The number of aliphatic hydroxyl groups excluding tert-OH is 1. The van der Waals surface area contributed by atoms with Crippen molar-refractivity contribution in [2.75, 3.05) is 6.54 Å². The quantitative estimate of drug-likeness (QED) is 0.442. The average Bonchev–Trinajstić information content (AvgIpc) is 3.11. The molecule has 0 bridgehead atoms. The number of hydrogen-bond donors (Lipinski definition) is 5. The summed E-state index contributed by atoms with van der Waals surface area (Å²) in [6.07, 6.45) is 2.53. The Labute approximate surface area is 121 Å². The minimum absolute atomic E-state index is 0.0590. The van der Waals surface area contributed by atoms with Crippen molar-refractivity contribution in [3.63, 3.8) is 0 Å². The van der Waals surface area contributed by atoms with E-state index in [-0.39, 0.29) is 12.6 Å². The molecule has 5 nitrogen and oxygen atoms in total. The van der Waals surface area contributed by atoms with Gasteiger partial charge in [0, 0.05) is 19.0 Å². The fourth-order valence-corrected chi connectivity index (χ4v) is 4.32. The van der Waals surface area contributed by atoms with Crippen molar-refractivity contribution in [3.8, 4) is 0 Å². The molecule has 0 radical (unpaired) electrons. The summed E-state index contributed by atoms with van der Waals surface area (Å²) < 4.78 is 0. The molecule has 0 amide bonds. The predicted octanol–water partition coefficient (Wildman–Crippen LogP) is 0.0226. The molecule has 5 heteroatoms. The van der Waals surface area contributed by atoms with Gasteiger partial charge >= 0.3 is 0 Å². The standard InChI is InChI=1S/C15H30N2O3/c1-8-11-5-13(11)9(6-15(2,19)20)3-12(8)14(17)4-10(18)7-16/h8-14,18-20H,3-7,16-17H2,1-2H3. The van der Waals surface area contributed by atoms with Crippen LogP contribution in [0.2, 0.25) is 0 Å². The Kier molecular flexibility index (Phi) is 4.76. The fourth-order valence-electron chi connectivity index (χ4n) is 4.32. The Morgan fingerprint density at radius 2 is 1.90 bits per heavy atom. The van der Waals surface area contributed by atoms with Crippen LogP contribution in [0.25, 0.3) is 0 Å². The Hall–Kier alpha value is -0.200. The maximum absolute atomic E-state index is 9.69. The van der Waals surface area contributed by atoms with Gasteiger partial charge in [-0.05, 0) is 55.8 Å². The van der Waals surface area contributed by atoms with E-state index in [0.29, 0.717) is 42.4 Å². The summed E-state index contributed by atoms with van der Waals surface area (Å²) in [5.41, 5.74) is 11.7. The number of aliphatic hydroxyl groups is 3. The summed E-state index contributed by atoms with van der Waals surface area (Å²) in [5.74, 6) is 0.937. The monoisotopic (exact) mass is 286 g/mol. The first-order valence-electron chi connectivity index (χ1n) is 7.81. The van der Waals surface area contributed by atoms with E-state index in [9.17, 15) is 15.3 Å². The summed E-state index contributed by atoms with van der Waals surface area (Å²) in [7, 11) is 0. The third-order valence-corrected chi connectivity index (χ3v) is 5.44. The van der Waals surface area contributed by atoms with Gasteiger partial charge in [0.05, 0.1) is 6.10 Å². The van der Waals surface area contributed by atoms with Crippen molar-refractivity contribution in [1.82, 2.24) is 0 Å². The van der Waals surface area contributed by atoms with Crippen LogP contribution in [0, 0.1) is 29.6 Å². The van der Waals surface area contributed by atoms with Crippen molar-refractivity contribution in [2.24, 2.45) is 41.1 Å². The molecule has 0 saturated heterocycles. The molecule has 2 aliphatic rings. The van der Waals surface area contributed by atoms with Gasteiger partial charge in [-0.3, -0.25) is 0 Å². The maximum Gasteiger partial charge on any atom is 0.159 e. The molecule has 2 rings (SSSR count). The molecular weight excluding hydrogens is 256 g/mol. The maximum atomic E-state index is 9.69. The summed E-state index contributed by atoms with van der Waals surface area (Å²) in [4.78, 5) is 0. The van der Waals surface area contributed by atoms with Gasteiger partial charge in [-0.15, -0.1) is 0 Å². The van der Waals surface area contributed by atoms with E-state index >= 15 is 0 Å². The lowest BCUT2D eigenvalue weighted by atomic mass is 9.69. The SMILES string of the molecule is CC1C(C(N)CC(O)CN)CC(CC(C)(O)O)C2CC12. The number of nitrogens with two attached hydrogens (primary N) is 2. The third-order valence-electron chi connectivity index (χ3n) is 5.44. The molecule has 0 aromatic carbocycles. The summed E-state index contributed by atoms with van der Waals surface area (Å²) in [6.45, 7) is 3.95. The number of rotatable bonds is 6. The molecule has 0 aromatic rings. The molecule has 7 unspecified atom stereocenters. The van der Waals surface area contributed by atoms with E-state index in [1.54, 1.807) is 0 Å². The van der Waals surface area contributed by atoms with Crippen molar-refractivity contribution in [2.45, 2.75) is 57.5 Å². The highest BCUT2D eigenvalue weighted by atomic mass is 16.5. The molecule has 0 aromatic heterocycles. The molecule has 0 spiro atoms. The highest BCUT2D eigenvalue weighted by Crippen LogP contribution is 2.59. The highest BCUT2D eigenvalue weighted by Gasteiger charge is 2.54. The minimum Gasteiger partial charge on any atom is -0.392 e. The topological polar surface area (TPSA) is 113 Å². The van der Waals surface area contributed by atoms with Gasteiger partial charge in [0.1, 0.15) is 0 Å². The van der Waals surface area contributed by atoms with E-state index in [0.717, 1.165) is 6.42 Å². The Balaban J connectivity index is 1.98. The molecule has 118 valence electrons. The lowest BCUT2D eigenvalue weighted by molar-refractivity contribution is -0.162. The first-order valence-corrected chi connectivity index (χ1v) is 7.81. The van der Waals surface area contributed by atoms with Crippen LogP contribution >= 0.6 is 0 Å². The zero-order chi connectivity index (χ0) is 15.1. The lowest BCUT2D eigenvalue weighted by Crippen LogP contribution is -2.43. The average molecular weight is 286 g/mol. The second-order valence-electron chi connectivity index (χ2n) is 7.29. The van der Waals surface area contributed by atoms with Crippen molar-refractivity contribution < 1.29 is 15.3 Å². The molecule has 2 aliphatic carbocycles. The van der Waals surface area contributed by atoms with E-state index < -0.39 is 11.9 Å². The van der Waals surface area contributed by atoms with Gasteiger partial charge in [-0.2, -0.15) is 0 Å². The van der Waals surface area contributed by atoms with Crippen LogP contribution in [0.3, 0.4) is 0 Å². The molecule has 0 aliphatic heterocycles. The first kappa shape index (κ1) is 16.2. The smallest absolute Gasteiger partial charge is 0.159 e.